The van der Waals surface area contributed by atoms with Crippen LogP contribution in [0.4, 0.5) is 0 Å². The summed E-state index contributed by atoms with van der Waals surface area (Å²) in [5, 5.41) is 2.19. The van der Waals surface area contributed by atoms with E-state index in [1.54, 1.807) is 7.11 Å². The Labute approximate surface area is 111 Å². The molecule has 0 aliphatic rings. The van der Waals surface area contributed by atoms with Crippen molar-refractivity contribution in [1.29, 1.82) is 0 Å². The minimum atomic E-state index is 0.579. The summed E-state index contributed by atoms with van der Waals surface area (Å²) < 4.78 is 11.7. The molecule has 0 fully saturated rings. The van der Waals surface area contributed by atoms with Crippen LogP contribution < -0.4 is 5.48 Å². The highest BCUT2D eigenvalue weighted by Crippen LogP contribution is 2.36. The van der Waals surface area contributed by atoms with Crippen LogP contribution in [-0.4, -0.2) is 7.11 Å². The number of fused-ring (bicyclic) bond motifs is 2. The number of nitrogens with one attached hydrogen (secondary N) is 1. The third kappa shape index (κ3) is 1.84. The van der Waals surface area contributed by atoms with Crippen LogP contribution in [0.3, 0.4) is 0 Å². The van der Waals surface area contributed by atoms with Gasteiger partial charge in [-0.15, -0.1) is 0 Å². The fourth-order valence-electron chi connectivity index (χ4n) is 2.60. The molecule has 1 N–H and O–H groups in total. The first-order valence-corrected chi connectivity index (χ1v) is 6.29. The lowest BCUT2D eigenvalue weighted by atomic mass is 10.0. The molecule has 0 saturated carbocycles. The number of hydrogen-bond donors (Lipinski definition) is 1. The summed E-state index contributed by atoms with van der Waals surface area (Å²) in [6, 6.07) is 4.10. The van der Waals surface area contributed by atoms with Crippen LogP contribution in [0.5, 0.6) is 0 Å². The molecule has 3 rings (SSSR count). The fourth-order valence-corrected chi connectivity index (χ4v) is 2.60. The van der Waals surface area contributed by atoms with E-state index in [-0.39, 0.29) is 0 Å². The highest BCUT2D eigenvalue weighted by atomic mass is 16.6. The molecule has 0 amide bonds. The minimum absolute atomic E-state index is 0.579. The van der Waals surface area contributed by atoms with E-state index in [1.807, 2.05) is 19.9 Å². The predicted octanol–water partition coefficient (Wildman–Crippen LogP) is 3.76. The van der Waals surface area contributed by atoms with Crippen molar-refractivity contribution in [3.63, 3.8) is 0 Å². The van der Waals surface area contributed by atoms with Gasteiger partial charge >= 0.3 is 0 Å². The number of rotatable bonds is 3. The summed E-state index contributed by atoms with van der Waals surface area (Å²) in [5.41, 5.74) is 6.92. The number of hydrogen-bond acceptors (Lipinski definition) is 4. The summed E-state index contributed by atoms with van der Waals surface area (Å²) in [6.07, 6.45) is 0. The Bertz CT molecular complexity index is 694. The second-order valence-electron chi connectivity index (χ2n) is 4.83. The van der Waals surface area contributed by atoms with Crippen LogP contribution in [0, 0.1) is 20.8 Å². The zero-order valence-corrected chi connectivity index (χ0v) is 11.6. The van der Waals surface area contributed by atoms with Crippen molar-refractivity contribution in [2.45, 2.75) is 27.3 Å². The lowest BCUT2D eigenvalue weighted by molar-refractivity contribution is 0.0871. The molecular weight excluding hydrogens is 242 g/mol. The largest absolute Gasteiger partial charge is 0.461 e. The van der Waals surface area contributed by atoms with E-state index in [1.165, 1.54) is 0 Å². The maximum absolute atomic E-state index is 5.86. The summed E-state index contributed by atoms with van der Waals surface area (Å²) in [5.74, 6) is 1.81. The first kappa shape index (κ1) is 12.3. The average Bonchev–Trinajstić information content (AvgIpc) is 2.93. The van der Waals surface area contributed by atoms with E-state index >= 15 is 0 Å². The quantitative estimate of drug-likeness (QED) is 0.728. The molecule has 0 aliphatic heterocycles. The van der Waals surface area contributed by atoms with Crippen LogP contribution in [0.2, 0.25) is 0 Å². The molecule has 100 valence electrons. The van der Waals surface area contributed by atoms with Gasteiger partial charge in [0, 0.05) is 21.9 Å². The molecule has 3 aromatic rings. The molecule has 0 radical (unpaired) electrons. The maximum atomic E-state index is 5.86. The highest BCUT2D eigenvalue weighted by molar-refractivity contribution is 6.01. The van der Waals surface area contributed by atoms with Crippen molar-refractivity contribution in [2.24, 2.45) is 0 Å². The molecule has 0 bridgehead atoms. The van der Waals surface area contributed by atoms with Gasteiger partial charge in [-0.05, 0) is 32.9 Å². The molecule has 0 aliphatic carbocycles. The second kappa shape index (κ2) is 4.40. The number of aryl methyl sites for hydroxylation is 3. The smallest absolute Gasteiger partial charge is 0.139 e. The van der Waals surface area contributed by atoms with E-state index in [0.717, 1.165) is 44.6 Å². The van der Waals surface area contributed by atoms with Crippen molar-refractivity contribution in [1.82, 2.24) is 5.48 Å². The summed E-state index contributed by atoms with van der Waals surface area (Å²) in [6.45, 7) is 6.56. The SMILES string of the molecule is CONCc1c2cc(C)oc2c(C)c2cc(C)oc12. The monoisotopic (exact) mass is 259 g/mol. The molecular formula is C15H17NO3. The van der Waals surface area contributed by atoms with Crippen LogP contribution in [0.25, 0.3) is 21.9 Å². The van der Waals surface area contributed by atoms with Crippen molar-refractivity contribution in [2.75, 3.05) is 7.11 Å². The zero-order valence-electron chi connectivity index (χ0n) is 11.6. The van der Waals surface area contributed by atoms with Gasteiger partial charge in [-0.2, -0.15) is 5.48 Å². The van der Waals surface area contributed by atoms with Crippen molar-refractivity contribution in [3.05, 3.63) is 34.8 Å². The van der Waals surface area contributed by atoms with Crippen LogP contribution in [-0.2, 0) is 11.4 Å². The Hall–Kier alpha value is -1.78. The molecule has 0 unspecified atom stereocenters. The van der Waals surface area contributed by atoms with Gasteiger partial charge in [0.25, 0.3) is 0 Å². The first-order chi connectivity index (χ1) is 9.11. The fraction of sp³-hybridized carbons (Fsp3) is 0.333. The van der Waals surface area contributed by atoms with Gasteiger partial charge in [-0.1, -0.05) is 0 Å². The van der Waals surface area contributed by atoms with E-state index in [9.17, 15) is 0 Å². The maximum Gasteiger partial charge on any atom is 0.139 e. The van der Waals surface area contributed by atoms with Crippen molar-refractivity contribution in [3.8, 4) is 0 Å². The Morgan fingerprint density at radius 1 is 1.00 bits per heavy atom. The van der Waals surface area contributed by atoms with Gasteiger partial charge in [-0.25, -0.2) is 0 Å². The van der Waals surface area contributed by atoms with Gasteiger partial charge in [0.05, 0.1) is 13.7 Å². The highest BCUT2D eigenvalue weighted by Gasteiger charge is 2.18. The molecule has 0 spiro atoms. The molecule has 19 heavy (non-hydrogen) atoms. The van der Waals surface area contributed by atoms with Gasteiger partial charge in [0.1, 0.15) is 22.7 Å². The topological polar surface area (TPSA) is 47.5 Å². The molecule has 4 heteroatoms. The van der Waals surface area contributed by atoms with E-state index in [2.05, 4.69) is 18.5 Å². The first-order valence-electron chi connectivity index (χ1n) is 6.29. The molecule has 2 heterocycles. The molecule has 2 aromatic heterocycles. The van der Waals surface area contributed by atoms with Gasteiger partial charge in [-0.3, -0.25) is 0 Å². The minimum Gasteiger partial charge on any atom is -0.461 e. The van der Waals surface area contributed by atoms with Crippen molar-refractivity contribution >= 4 is 21.9 Å². The number of benzene rings is 1. The van der Waals surface area contributed by atoms with E-state index in [4.69, 9.17) is 13.7 Å². The van der Waals surface area contributed by atoms with Gasteiger partial charge < -0.3 is 13.7 Å². The van der Waals surface area contributed by atoms with Gasteiger partial charge in [0.15, 0.2) is 0 Å². The van der Waals surface area contributed by atoms with Crippen LogP contribution in [0.15, 0.2) is 21.0 Å². The molecule has 1 aromatic carbocycles. The number of furan rings is 2. The summed E-state index contributed by atoms with van der Waals surface area (Å²) in [4.78, 5) is 4.97. The Morgan fingerprint density at radius 2 is 1.63 bits per heavy atom. The normalized spacial score (nSPS) is 11.8. The van der Waals surface area contributed by atoms with E-state index in [0.29, 0.717) is 6.54 Å². The Morgan fingerprint density at radius 3 is 2.32 bits per heavy atom. The Balaban J connectivity index is 2.40. The van der Waals surface area contributed by atoms with E-state index < -0.39 is 0 Å². The summed E-state index contributed by atoms with van der Waals surface area (Å²) >= 11 is 0. The second-order valence-corrected chi connectivity index (χ2v) is 4.83. The average molecular weight is 259 g/mol. The standard InChI is InChI=1S/C15H17NO3/c1-8-5-11-10(3)14-12(6-9(2)18-14)13(7-16-17-4)15(11)19-8/h5-6,16H,7H2,1-4H3. The third-order valence-corrected chi connectivity index (χ3v) is 3.45. The van der Waals surface area contributed by atoms with Crippen LogP contribution >= 0.6 is 0 Å². The lowest BCUT2D eigenvalue weighted by Crippen LogP contribution is -2.11. The molecule has 0 atom stereocenters. The summed E-state index contributed by atoms with van der Waals surface area (Å²) in [7, 11) is 1.61. The molecule has 0 saturated heterocycles. The number of hydroxylamine groups is 1. The predicted molar refractivity (Wildman–Crippen MR) is 74.0 cm³/mol. The third-order valence-electron chi connectivity index (χ3n) is 3.45. The van der Waals surface area contributed by atoms with Crippen molar-refractivity contribution < 1.29 is 13.7 Å². The molecule has 4 nitrogen and oxygen atoms in total. The van der Waals surface area contributed by atoms with Crippen LogP contribution in [0.1, 0.15) is 22.6 Å². The van der Waals surface area contributed by atoms with Gasteiger partial charge in [0.2, 0.25) is 0 Å². The lowest BCUT2D eigenvalue weighted by Gasteiger charge is -2.07. The zero-order chi connectivity index (χ0) is 13.6. The Kier molecular flexibility index (Phi) is 2.84.